The smallest absolute Gasteiger partial charge is 0.271 e. The molecule has 0 aliphatic heterocycles. The standard InChI is InChI=1S/C16H15ClFN3O2S2/c1-10-16(20-25(22,23)15-7-6-14(17)24-15)11(2)21(19-10)9-12-4-3-5-13(18)8-12/h3-8,20H,9H2,1-2H3. The van der Waals surface area contributed by atoms with E-state index in [4.69, 9.17) is 11.6 Å². The Morgan fingerprint density at radius 2 is 2.04 bits per heavy atom. The first-order chi connectivity index (χ1) is 11.8. The van der Waals surface area contributed by atoms with Crippen molar-refractivity contribution in [2.75, 3.05) is 4.72 Å². The SMILES string of the molecule is Cc1nn(Cc2cccc(F)c2)c(C)c1NS(=O)(=O)c1ccc(Cl)s1. The number of benzene rings is 1. The molecule has 5 nitrogen and oxygen atoms in total. The van der Waals surface area contributed by atoms with Gasteiger partial charge in [0.25, 0.3) is 10.0 Å². The molecule has 0 fully saturated rings. The molecule has 0 atom stereocenters. The van der Waals surface area contributed by atoms with Crippen molar-refractivity contribution in [2.24, 2.45) is 0 Å². The molecule has 0 unspecified atom stereocenters. The molecular formula is C16H15ClFN3O2S2. The Bertz CT molecular complexity index is 1030. The first-order valence-electron chi connectivity index (χ1n) is 7.33. The number of aromatic nitrogens is 2. The van der Waals surface area contributed by atoms with E-state index in [0.717, 1.165) is 16.9 Å². The molecule has 0 aliphatic rings. The number of rotatable bonds is 5. The Labute approximate surface area is 154 Å². The molecule has 0 spiro atoms. The van der Waals surface area contributed by atoms with E-state index in [1.54, 1.807) is 30.7 Å². The van der Waals surface area contributed by atoms with E-state index in [0.29, 0.717) is 28.0 Å². The van der Waals surface area contributed by atoms with Crippen molar-refractivity contribution in [1.82, 2.24) is 9.78 Å². The van der Waals surface area contributed by atoms with Crippen LogP contribution in [0.1, 0.15) is 17.0 Å². The van der Waals surface area contributed by atoms with Crippen molar-refractivity contribution >= 4 is 38.6 Å². The van der Waals surface area contributed by atoms with Crippen LogP contribution in [-0.4, -0.2) is 18.2 Å². The van der Waals surface area contributed by atoms with Gasteiger partial charge in [-0.25, -0.2) is 12.8 Å². The molecule has 1 aromatic carbocycles. The summed E-state index contributed by atoms with van der Waals surface area (Å²) in [6.45, 7) is 3.82. The van der Waals surface area contributed by atoms with Crippen LogP contribution in [-0.2, 0) is 16.6 Å². The highest BCUT2D eigenvalue weighted by Crippen LogP contribution is 2.29. The van der Waals surface area contributed by atoms with Gasteiger partial charge in [-0.2, -0.15) is 5.10 Å². The lowest BCUT2D eigenvalue weighted by atomic mass is 10.2. The van der Waals surface area contributed by atoms with Crippen LogP contribution in [0.5, 0.6) is 0 Å². The van der Waals surface area contributed by atoms with E-state index in [9.17, 15) is 12.8 Å². The Hall–Kier alpha value is -1.90. The summed E-state index contributed by atoms with van der Waals surface area (Å²) in [4.78, 5) is 0. The average molecular weight is 400 g/mol. The van der Waals surface area contributed by atoms with E-state index < -0.39 is 10.0 Å². The second-order valence-corrected chi connectivity index (χ2v) is 9.12. The summed E-state index contributed by atoms with van der Waals surface area (Å²) in [6.07, 6.45) is 0. The molecule has 3 aromatic rings. The summed E-state index contributed by atoms with van der Waals surface area (Å²) in [5, 5.41) is 4.36. The molecule has 2 heterocycles. The van der Waals surface area contributed by atoms with Crippen LogP contribution in [0.15, 0.2) is 40.6 Å². The monoisotopic (exact) mass is 399 g/mol. The fourth-order valence-electron chi connectivity index (χ4n) is 2.43. The molecular weight excluding hydrogens is 385 g/mol. The van der Waals surface area contributed by atoms with Gasteiger partial charge in [-0.15, -0.1) is 11.3 Å². The number of thiophene rings is 1. The van der Waals surface area contributed by atoms with Crippen molar-refractivity contribution in [3.8, 4) is 0 Å². The molecule has 2 aromatic heterocycles. The molecule has 1 N–H and O–H groups in total. The van der Waals surface area contributed by atoms with Gasteiger partial charge in [0.15, 0.2) is 0 Å². The second kappa shape index (κ2) is 6.78. The average Bonchev–Trinajstić information content (AvgIpc) is 3.07. The number of nitrogens with one attached hydrogen (secondary N) is 1. The maximum atomic E-state index is 13.3. The van der Waals surface area contributed by atoms with E-state index in [-0.39, 0.29) is 10.0 Å². The number of aryl methyl sites for hydroxylation is 1. The minimum Gasteiger partial charge on any atom is -0.275 e. The predicted octanol–water partition coefficient (Wildman–Crippen LogP) is 4.20. The van der Waals surface area contributed by atoms with Crippen molar-refractivity contribution in [3.05, 3.63) is 63.5 Å². The van der Waals surface area contributed by atoms with E-state index in [1.807, 2.05) is 0 Å². The molecule has 0 saturated carbocycles. The number of sulfonamides is 1. The van der Waals surface area contributed by atoms with Gasteiger partial charge in [0.2, 0.25) is 0 Å². The van der Waals surface area contributed by atoms with Gasteiger partial charge in [-0.1, -0.05) is 23.7 Å². The highest BCUT2D eigenvalue weighted by molar-refractivity contribution is 7.94. The van der Waals surface area contributed by atoms with Gasteiger partial charge in [0, 0.05) is 0 Å². The maximum absolute atomic E-state index is 13.3. The minimum absolute atomic E-state index is 0.134. The first kappa shape index (κ1) is 17.9. The fourth-order valence-corrected chi connectivity index (χ4v) is 5.09. The van der Waals surface area contributed by atoms with E-state index in [1.165, 1.54) is 24.3 Å². The molecule has 0 aliphatic carbocycles. The van der Waals surface area contributed by atoms with Crippen molar-refractivity contribution in [3.63, 3.8) is 0 Å². The molecule has 0 saturated heterocycles. The zero-order chi connectivity index (χ0) is 18.2. The quantitative estimate of drug-likeness (QED) is 0.699. The van der Waals surface area contributed by atoms with Crippen LogP contribution in [0.2, 0.25) is 4.34 Å². The zero-order valence-corrected chi connectivity index (χ0v) is 15.8. The lowest BCUT2D eigenvalue weighted by molar-refractivity contribution is 0.603. The number of hydrogen-bond donors (Lipinski definition) is 1. The molecule has 25 heavy (non-hydrogen) atoms. The van der Waals surface area contributed by atoms with Crippen molar-refractivity contribution in [1.29, 1.82) is 0 Å². The number of halogens is 2. The summed E-state index contributed by atoms with van der Waals surface area (Å²) in [5.74, 6) is -0.325. The molecule has 3 rings (SSSR count). The minimum atomic E-state index is -3.73. The predicted molar refractivity (Wildman–Crippen MR) is 97.3 cm³/mol. The third kappa shape index (κ3) is 3.86. The molecule has 0 amide bonds. The van der Waals surface area contributed by atoms with Gasteiger partial charge >= 0.3 is 0 Å². The van der Waals surface area contributed by atoms with Gasteiger partial charge in [0.05, 0.1) is 28.0 Å². The topological polar surface area (TPSA) is 64.0 Å². The molecule has 0 radical (unpaired) electrons. The van der Waals surface area contributed by atoms with Crippen molar-refractivity contribution < 1.29 is 12.8 Å². The number of hydrogen-bond acceptors (Lipinski definition) is 4. The van der Waals surface area contributed by atoms with Crippen LogP contribution < -0.4 is 4.72 Å². The second-order valence-electron chi connectivity index (χ2n) is 5.50. The van der Waals surface area contributed by atoms with Gasteiger partial charge in [-0.3, -0.25) is 9.40 Å². The lowest BCUT2D eigenvalue weighted by Crippen LogP contribution is -2.13. The summed E-state index contributed by atoms with van der Waals surface area (Å²) < 4.78 is 43.1. The van der Waals surface area contributed by atoms with Crippen LogP contribution in [0.4, 0.5) is 10.1 Å². The highest BCUT2D eigenvalue weighted by Gasteiger charge is 2.21. The Balaban J connectivity index is 1.89. The third-order valence-corrected chi connectivity index (χ3v) is 6.73. The largest absolute Gasteiger partial charge is 0.275 e. The molecule has 9 heteroatoms. The Morgan fingerprint density at radius 1 is 1.28 bits per heavy atom. The number of nitrogens with zero attached hydrogens (tertiary/aromatic N) is 2. The maximum Gasteiger partial charge on any atom is 0.271 e. The normalized spacial score (nSPS) is 11.7. The van der Waals surface area contributed by atoms with Crippen LogP contribution in [0.25, 0.3) is 0 Å². The summed E-state index contributed by atoms with van der Waals surface area (Å²) >= 11 is 6.80. The zero-order valence-electron chi connectivity index (χ0n) is 13.5. The van der Waals surface area contributed by atoms with Crippen LogP contribution in [0.3, 0.4) is 0 Å². The van der Waals surface area contributed by atoms with E-state index >= 15 is 0 Å². The summed E-state index contributed by atoms with van der Waals surface area (Å²) in [7, 11) is -3.73. The Morgan fingerprint density at radius 3 is 2.68 bits per heavy atom. The van der Waals surface area contributed by atoms with Crippen LogP contribution >= 0.6 is 22.9 Å². The van der Waals surface area contributed by atoms with E-state index in [2.05, 4.69) is 9.82 Å². The fraction of sp³-hybridized carbons (Fsp3) is 0.188. The lowest BCUT2D eigenvalue weighted by Gasteiger charge is -2.08. The Kier molecular flexibility index (Phi) is 4.86. The van der Waals surface area contributed by atoms with Crippen molar-refractivity contribution in [2.45, 2.75) is 24.6 Å². The molecule has 0 bridgehead atoms. The summed E-state index contributed by atoms with van der Waals surface area (Å²) in [6, 6.07) is 9.20. The van der Waals surface area contributed by atoms with Gasteiger partial charge < -0.3 is 0 Å². The highest BCUT2D eigenvalue weighted by atomic mass is 35.5. The number of anilines is 1. The third-order valence-electron chi connectivity index (χ3n) is 3.65. The van der Waals surface area contributed by atoms with Crippen LogP contribution in [0, 0.1) is 19.7 Å². The summed E-state index contributed by atoms with van der Waals surface area (Å²) in [5.41, 5.74) is 2.35. The molecule has 132 valence electrons. The van der Waals surface area contributed by atoms with Gasteiger partial charge in [-0.05, 0) is 43.7 Å². The van der Waals surface area contributed by atoms with Gasteiger partial charge in [0.1, 0.15) is 10.0 Å². The first-order valence-corrected chi connectivity index (χ1v) is 10.0.